The number of aliphatic hydroxyl groups is 1. The number of fused-ring (bicyclic) bond motifs is 5. The van der Waals surface area contributed by atoms with Crippen molar-refractivity contribution in [1.82, 2.24) is 34.5 Å². The lowest BCUT2D eigenvalue weighted by Crippen LogP contribution is -2.49. The minimum Gasteiger partial charge on any atom is -0.455 e. The van der Waals surface area contributed by atoms with Gasteiger partial charge < -0.3 is 60.2 Å². The molecule has 2 amide bonds. The Balaban J connectivity index is 0.704. The van der Waals surface area contributed by atoms with Crippen LogP contribution >= 0.6 is 23.5 Å². The van der Waals surface area contributed by atoms with Crippen molar-refractivity contribution in [2.75, 3.05) is 63.1 Å². The van der Waals surface area contributed by atoms with Crippen LogP contribution in [0.15, 0.2) is 51.2 Å². The fourth-order valence-electron chi connectivity index (χ4n) is 12.5. The normalized spacial score (nSPS) is 21.1. The summed E-state index contributed by atoms with van der Waals surface area (Å²) in [6.45, 7) is 2.09. The van der Waals surface area contributed by atoms with Gasteiger partial charge in [0.15, 0.2) is 12.4 Å². The van der Waals surface area contributed by atoms with Gasteiger partial charge in [0.05, 0.1) is 24.1 Å². The van der Waals surface area contributed by atoms with Crippen LogP contribution in [0.2, 0.25) is 0 Å². The van der Waals surface area contributed by atoms with Crippen LogP contribution in [-0.4, -0.2) is 143 Å². The molecule has 1 fully saturated rings. The number of phosphoric acid groups is 3. The van der Waals surface area contributed by atoms with E-state index in [9.17, 15) is 64.4 Å². The summed E-state index contributed by atoms with van der Waals surface area (Å²) in [5.41, 5.74) is 11.8. The molecule has 2 aromatic heterocycles. The molecule has 476 valence electrons. The molecule has 6 aliphatic rings. The summed E-state index contributed by atoms with van der Waals surface area (Å²) in [5, 5.41) is 18.1. The second-order valence-corrected chi connectivity index (χ2v) is 29.6. The van der Waals surface area contributed by atoms with Crippen LogP contribution < -0.4 is 56.0 Å². The first-order chi connectivity index (χ1) is 41.6. The smallest absolute Gasteiger partial charge is 0.455 e. The van der Waals surface area contributed by atoms with E-state index in [0.29, 0.717) is 40.7 Å². The van der Waals surface area contributed by atoms with E-state index >= 15 is 0 Å². The molecule has 11 rings (SSSR count). The Labute approximate surface area is 501 Å². The zero-order valence-electron chi connectivity index (χ0n) is 47.1. The number of unbranched alkanes of at least 4 members (excludes halogenated alkanes) is 2. The van der Waals surface area contributed by atoms with Gasteiger partial charge in [-0.25, -0.2) is 40.8 Å². The molecule has 0 aliphatic carbocycles. The molecule has 0 bridgehead atoms. The number of aromatic nitrogens is 4. The molecule has 12 N–H and O–H groups in total. The Morgan fingerprint density at radius 2 is 1.58 bits per heavy atom. The van der Waals surface area contributed by atoms with Crippen molar-refractivity contribution in [1.29, 1.82) is 0 Å². The fourth-order valence-corrected chi connectivity index (χ4v) is 17.5. The number of carbonyl (C=O) groups excluding carboxylic acids is 2. The summed E-state index contributed by atoms with van der Waals surface area (Å²) in [5.74, 6) is 0.536. The number of hydrogen-bond acceptors (Lipinski definition) is 20. The summed E-state index contributed by atoms with van der Waals surface area (Å²) >= 11 is 0. The average Bonchev–Trinajstić information content (AvgIpc) is 0.888. The lowest BCUT2D eigenvalue weighted by atomic mass is 9.82. The number of aliphatic hydroxyl groups excluding tert-OH is 1. The lowest BCUT2D eigenvalue weighted by Gasteiger charge is -2.39. The number of carbonyl (C=O) groups is 2. The number of sulfonamides is 1. The van der Waals surface area contributed by atoms with Gasteiger partial charge >= 0.3 is 35.2 Å². The van der Waals surface area contributed by atoms with Gasteiger partial charge in [0.2, 0.25) is 33.0 Å². The quantitative estimate of drug-likeness (QED) is 0.0187. The number of imidazole rings is 1. The maximum absolute atomic E-state index is 13.9. The molecule has 1 saturated heterocycles. The fraction of sp³-hybridized carbons (Fsp3) is 0.490. The Morgan fingerprint density at radius 3 is 2.33 bits per heavy atom. The Bertz CT molecular complexity index is 4270. The van der Waals surface area contributed by atoms with Crippen molar-refractivity contribution < 1.29 is 101 Å². The highest BCUT2D eigenvalue weighted by molar-refractivity contribution is 7.89. The van der Waals surface area contributed by atoms with E-state index in [1.807, 2.05) is 0 Å². The van der Waals surface area contributed by atoms with Gasteiger partial charge in [0, 0.05) is 90.7 Å². The molecule has 88 heavy (non-hydrogen) atoms. The third-order valence-electron chi connectivity index (χ3n) is 16.0. The highest BCUT2D eigenvalue weighted by Gasteiger charge is 2.52. The summed E-state index contributed by atoms with van der Waals surface area (Å²) in [4.78, 5) is 83.8. The second kappa shape index (κ2) is 24.6. The molecule has 6 atom stereocenters. The molecule has 0 saturated carbocycles. The Morgan fingerprint density at radius 1 is 0.864 bits per heavy atom. The molecule has 3 aromatic carbocycles. The predicted octanol–water partition coefficient (Wildman–Crippen LogP) is 0.165. The van der Waals surface area contributed by atoms with Crippen LogP contribution in [-0.2, 0) is 94.0 Å². The number of H-pyrrole nitrogens is 1. The number of aryl methyl sites for hydroxylation is 3. The van der Waals surface area contributed by atoms with E-state index in [0.717, 1.165) is 110 Å². The van der Waals surface area contributed by atoms with Gasteiger partial charge in [0.25, 0.3) is 21.6 Å². The number of nitrogen functional groups attached to an aromatic ring is 1. The van der Waals surface area contributed by atoms with Gasteiger partial charge in [-0.15, -0.1) is 0 Å². The number of nitrogens with zero attached hydrogens (tertiary/aromatic N) is 5. The summed E-state index contributed by atoms with van der Waals surface area (Å²) in [7, 11) is -25.3. The van der Waals surface area contributed by atoms with Gasteiger partial charge in [-0.3, -0.25) is 28.2 Å². The van der Waals surface area contributed by atoms with Crippen LogP contribution in [0.5, 0.6) is 11.5 Å². The van der Waals surface area contributed by atoms with E-state index < -0.39 is 97.2 Å². The van der Waals surface area contributed by atoms with E-state index in [1.54, 1.807) is 0 Å². The van der Waals surface area contributed by atoms with Crippen molar-refractivity contribution in [3.63, 3.8) is 0 Å². The van der Waals surface area contributed by atoms with Crippen molar-refractivity contribution in [3.8, 4) is 11.5 Å². The molecular weight excluding hydrogens is 1260 g/mol. The number of alkyl carbamates (subject to hydrolysis) is 1. The van der Waals surface area contributed by atoms with E-state index in [2.05, 4.69) is 60.1 Å². The maximum Gasteiger partial charge on any atom is 0.490 e. The zero-order valence-corrected chi connectivity index (χ0v) is 51.4. The summed E-state index contributed by atoms with van der Waals surface area (Å²) in [6, 6.07) is 7.94. The van der Waals surface area contributed by atoms with Gasteiger partial charge in [-0.2, -0.15) is 17.0 Å². The number of nitrogens with one attached hydrogen (secondary N) is 4. The largest absolute Gasteiger partial charge is 0.490 e. The van der Waals surface area contributed by atoms with Crippen molar-refractivity contribution >= 4 is 84.0 Å². The van der Waals surface area contributed by atoms with Crippen LogP contribution in [0.4, 0.5) is 16.4 Å². The van der Waals surface area contributed by atoms with Gasteiger partial charge in [-0.05, 0) is 81.2 Å². The first kappa shape index (κ1) is 63.5. The topological polar surface area (TPSA) is 453 Å². The van der Waals surface area contributed by atoms with Crippen LogP contribution in [0, 0.1) is 0 Å². The number of ether oxygens (including phenoxy) is 3. The summed E-state index contributed by atoms with van der Waals surface area (Å²) in [6.07, 6.45) is 0.917. The van der Waals surface area contributed by atoms with Crippen LogP contribution in [0.25, 0.3) is 16.7 Å². The molecule has 8 heterocycles. The third kappa shape index (κ3) is 13.3. The molecule has 5 aromatic rings. The van der Waals surface area contributed by atoms with Crippen molar-refractivity contribution in [3.05, 3.63) is 91.0 Å². The number of benzene rings is 3. The Kier molecular flexibility index (Phi) is 17.8. The number of rotatable bonds is 22. The van der Waals surface area contributed by atoms with Crippen molar-refractivity contribution in [2.24, 2.45) is 7.05 Å². The monoisotopic (exact) mass is 1330 g/mol. The lowest BCUT2D eigenvalue weighted by molar-refractivity contribution is -0.745. The molecular formula is C51H65N10O22P3S2+2. The minimum atomic E-state index is -5.92. The maximum atomic E-state index is 13.9. The van der Waals surface area contributed by atoms with Crippen LogP contribution in [0.1, 0.15) is 91.0 Å². The van der Waals surface area contributed by atoms with E-state index in [-0.39, 0.29) is 60.0 Å². The van der Waals surface area contributed by atoms with E-state index in [4.69, 9.17) is 29.7 Å². The number of nitrogens with two attached hydrogens (primary N) is 1. The number of aromatic amines is 1. The molecule has 37 heteroatoms. The van der Waals surface area contributed by atoms with E-state index in [1.165, 1.54) is 41.1 Å². The highest BCUT2D eigenvalue weighted by Crippen LogP contribution is 2.66. The molecule has 32 nitrogen and oxygen atoms in total. The molecule has 2 unspecified atom stereocenters. The van der Waals surface area contributed by atoms with Gasteiger partial charge in [0.1, 0.15) is 41.7 Å². The third-order valence-corrected chi connectivity index (χ3v) is 22.2. The SMILES string of the molecule is Cn1c[n+]([C@@H]2O[C@H](COP(=O)(O)OP(=O)(O)OP(=O)(O)O)[C@@H](O)[C@H]2OC(=O)NCCNC(=O)CCCCCNS(=O)(=O)c2ccc(C3=c4cc5c6c(c4Oc4c3cc3c7c4CCCN7CCC3)CCC[N+]=6CCC5)c(S(=O)(=O)O)c2)c2nc(N)[nH]c(=O)c21. The standard InChI is InChI=1S/C51H63N10O22P3S2/c1-58-27-61(47-42(58)48(64)57-50(52)56-47)49-46(43(63)36(79-49)26-78-85(69,70)83-86(71,72)82-84(66,67)68)81-51(65)54-18-17-53-38(62)13-3-2-4-16-55-87(73,74)30-14-15-31(37(25-30)88(75,76)77)39-34-23-28-9-5-19-59-21-7-11-32(40(28)59)44(34)80-45-33-12-8-22-60-20-6-10-29(41(33)60)24-35(39)45/h14-15,23-25,27,36,43,46,49,55,63H,2-13,16-22,26H2,1H3,(H8-2,52,53,54,56,57,62,64,65,66,67,68,69,70,71,72,75,76,77)/p+2/t36-,43-,46-,49-/m1/s1. The minimum absolute atomic E-state index is 0.00360. The highest BCUT2D eigenvalue weighted by atomic mass is 32.2. The first-order valence-corrected chi connectivity index (χ1v) is 35.6. The number of hydrogen-bond donors (Lipinski definition) is 11. The molecule has 0 spiro atoms. The number of amides is 2. The zero-order chi connectivity index (χ0) is 62.8. The summed E-state index contributed by atoms with van der Waals surface area (Å²) < 4.78 is 139. The van der Waals surface area contributed by atoms with Gasteiger partial charge in [-0.1, -0.05) is 17.5 Å². The van der Waals surface area contributed by atoms with Crippen LogP contribution in [0.3, 0.4) is 0 Å². The molecule has 0 radical (unpaired) electrons. The number of phosphoric ester groups is 1. The predicted molar refractivity (Wildman–Crippen MR) is 307 cm³/mol. The molecule has 6 aliphatic heterocycles. The van der Waals surface area contributed by atoms with Crippen molar-refractivity contribution in [2.45, 2.75) is 111 Å². The Hall–Kier alpha value is -6.03. The second-order valence-electron chi connectivity index (χ2n) is 22.0. The average molecular weight is 1330 g/mol. The first-order valence-electron chi connectivity index (χ1n) is 28.2. The number of anilines is 2.